The largest absolute Gasteiger partial charge is 0.392 e. The van der Waals surface area contributed by atoms with E-state index in [1.54, 1.807) is 0 Å². The lowest BCUT2D eigenvalue weighted by atomic mass is 9.62. The van der Waals surface area contributed by atoms with Crippen LogP contribution < -0.4 is 4.90 Å². The van der Waals surface area contributed by atoms with E-state index in [4.69, 9.17) is 0 Å². The molecule has 5 heterocycles. The van der Waals surface area contributed by atoms with Crippen molar-refractivity contribution in [2.24, 2.45) is 17.8 Å². The molecule has 5 aliphatic heterocycles. The number of aliphatic hydroxyl groups excluding tert-OH is 2. The highest BCUT2D eigenvalue weighted by Gasteiger charge is 2.76. The van der Waals surface area contributed by atoms with Crippen molar-refractivity contribution in [1.82, 2.24) is 4.90 Å². The number of rotatable bonds is 1. The normalized spacial score (nSPS) is 55.8. The number of para-hydroxylation sites is 1. The zero-order valence-corrected chi connectivity index (χ0v) is 14.3. The van der Waals surface area contributed by atoms with Crippen LogP contribution in [-0.2, 0) is 5.41 Å². The molecule has 1 aromatic carbocycles. The highest BCUT2D eigenvalue weighted by Crippen LogP contribution is 2.68. The van der Waals surface area contributed by atoms with Gasteiger partial charge >= 0.3 is 0 Å². The van der Waals surface area contributed by atoms with Crippen molar-refractivity contribution in [2.75, 3.05) is 11.9 Å². The van der Waals surface area contributed by atoms with E-state index >= 15 is 0 Å². The lowest BCUT2D eigenvalue weighted by Crippen LogP contribution is -2.72. The molecule has 4 nitrogen and oxygen atoms in total. The topological polar surface area (TPSA) is 46.9 Å². The van der Waals surface area contributed by atoms with Crippen molar-refractivity contribution in [3.05, 3.63) is 29.8 Å². The van der Waals surface area contributed by atoms with E-state index in [-0.39, 0.29) is 17.7 Å². The maximum Gasteiger partial charge on any atom is 0.111 e. The standard InChI is InChI=1S/C20H26N2O2/c1-3-10-11-8-14-17-20(12-6-4-5-7-13(12)21(17)2)9-15(16(11)18(20)23)22(14)19(10)24/h4-7,10-11,14-19,23-24H,3,8-9H2,1-2H3/t10-,11+,14+,15+,16+,17+,18-,19+,20-/m1/s1. The van der Waals surface area contributed by atoms with Gasteiger partial charge in [-0.1, -0.05) is 25.1 Å². The summed E-state index contributed by atoms with van der Waals surface area (Å²) >= 11 is 0. The summed E-state index contributed by atoms with van der Waals surface area (Å²) in [5.41, 5.74) is 2.51. The predicted octanol–water partition coefficient (Wildman–Crippen LogP) is 1.55. The molecule has 128 valence electrons. The summed E-state index contributed by atoms with van der Waals surface area (Å²) < 4.78 is 0. The molecule has 7 rings (SSSR count). The van der Waals surface area contributed by atoms with E-state index < -0.39 is 0 Å². The molecule has 4 saturated heterocycles. The maximum atomic E-state index is 11.6. The quantitative estimate of drug-likeness (QED) is 0.822. The van der Waals surface area contributed by atoms with Crippen molar-refractivity contribution in [3.63, 3.8) is 0 Å². The van der Waals surface area contributed by atoms with Crippen molar-refractivity contribution in [2.45, 2.75) is 62.1 Å². The molecule has 1 spiro atoms. The number of benzene rings is 1. The molecule has 24 heavy (non-hydrogen) atoms. The number of piperidine rings is 4. The Bertz CT molecular complexity index is 723. The minimum absolute atomic E-state index is 0.126. The fraction of sp³-hybridized carbons (Fsp3) is 0.700. The second-order valence-electron chi connectivity index (χ2n) is 8.81. The molecule has 4 heteroatoms. The summed E-state index contributed by atoms with van der Waals surface area (Å²) in [5, 5.41) is 22.6. The zero-order chi connectivity index (χ0) is 16.4. The van der Waals surface area contributed by atoms with Crippen LogP contribution in [0.2, 0.25) is 0 Å². The van der Waals surface area contributed by atoms with Crippen molar-refractivity contribution < 1.29 is 10.2 Å². The molecule has 5 fully saturated rings. The van der Waals surface area contributed by atoms with E-state index in [1.165, 1.54) is 11.3 Å². The van der Waals surface area contributed by atoms with Crippen molar-refractivity contribution in [1.29, 1.82) is 0 Å². The Hall–Kier alpha value is -1.10. The Labute approximate surface area is 143 Å². The second kappa shape index (κ2) is 4.17. The molecule has 2 N–H and O–H groups in total. The molecule has 5 bridgehead atoms. The summed E-state index contributed by atoms with van der Waals surface area (Å²) in [4.78, 5) is 4.83. The fourth-order valence-electron chi connectivity index (χ4n) is 7.88. The maximum absolute atomic E-state index is 11.6. The number of aliphatic hydroxyl groups is 2. The minimum Gasteiger partial charge on any atom is -0.392 e. The van der Waals surface area contributed by atoms with Gasteiger partial charge in [0.15, 0.2) is 0 Å². The van der Waals surface area contributed by atoms with Gasteiger partial charge in [0, 0.05) is 42.1 Å². The van der Waals surface area contributed by atoms with Gasteiger partial charge in [-0.15, -0.1) is 0 Å². The molecule has 1 unspecified atom stereocenters. The predicted molar refractivity (Wildman–Crippen MR) is 91.7 cm³/mol. The van der Waals surface area contributed by atoms with Gasteiger partial charge in [0.05, 0.1) is 12.1 Å². The molecule has 0 amide bonds. The third-order valence-electron chi connectivity index (χ3n) is 8.46. The lowest BCUT2D eigenvalue weighted by molar-refractivity contribution is -0.211. The Morgan fingerprint density at radius 1 is 1.21 bits per heavy atom. The number of hydrogen-bond donors (Lipinski definition) is 2. The fourth-order valence-corrected chi connectivity index (χ4v) is 7.88. The van der Waals surface area contributed by atoms with Gasteiger partial charge in [0.25, 0.3) is 0 Å². The summed E-state index contributed by atoms with van der Waals surface area (Å²) in [7, 11) is 2.19. The summed E-state index contributed by atoms with van der Waals surface area (Å²) in [6, 6.07) is 9.70. The third kappa shape index (κ3) is 1.20. The second-order valence-corrected chi connectivity index (χ2v) is 8.81. The van der Waals surface area contributed by atoms with Gasteiger partial charge in [-0.2, -0.15) is 0 Å². The Balaban J connectivity index is 1.60. The van der Waals surface area contributed by atoms with Crippen molar-refractivity contribution in [3.8, 4) is 0 Å². The van der Waals surface area contributed by atoms with Crippen LogP contribution in [0.1, 0.15) is 31.7 Å². The van der Waals surface area contributed by atoms with E-state index in [9.17, 15) is 10.2 Å². The van der Waals surface area contributed by atoms with Crippen LogP contribution in [0.25, 0.3) is 0 Å². The third-order valence-corrected chi connectivity index (χ3v) is 8.46. The van der Waals surface area contributed by atoms with E-state index in [0.29, 0.717) is 35.9 Å². The summed E-state index contributed by atoms with van der Waals surface area (Å²) in [5.74, 6) is 1.14. The summed E-state index contributed by atoms with van der Waals surface area (Å²) in [6.45, 7) is 2.19. The minimum atomic E-state index is -0.319. The molecule has 1 saturated carbocycles. The highest BCUT2D eigenvalue weighted by molar-refractivity contribution is 5.67. The van der Waals surface area contributed by atoms with Crippen LogP contribution in [0, 0.1) is 17.8 Å². The van der Waals surface area contributed by atoms with E-state index in [1.807, 2.05) is 0 Å². The van der Waals surface area contributed by atoms with Crippen LogP contribution in [0.3, 0.4) is 0 Å². The van der Waals surface area contributed by atoms with Gasteiger partial charge in [-0.25, -0.2) is 0 Å². The Kier molecular flexibility index (Phi) is 2.45. The van der Waals surface area contributed by atoms with E-state index in [0.717, 1.165) is 19.3 Å². The molecule has 0 aromatic heterocycles. The molecule has 10 atom stereocenters. The van der Waals surface area contributed by atoms with Gasteiger partial charge < -0.3 is 15.1 Å². The smallest absolute Gasteiger partial charge is 0.111 e. The first-order chi connectivity index (χ1) is 11.6. The Morgan fingerprint density at radius 3 is 2.79 bits per heavy atom. The zero-order valence-electron chi connectivity index (χ0n) is 14.3. The first kappa shape index (κ1) is 14.1. The van der Waals surface area contributed by atoms with Crippen LogP contribution >= 0.6 is 0 Å². The molecule has 1 aromatic rings. The first-order valence-electron chi connectivity index (χ1n) is 9.57. The highest BCUT2D eigenvalue weighted by atomic mass is 16.3. The first-order valence-corrected chi connectivity index (χ1v) is 9.57. The van der Waals surface area contributed by atoms with Crippen LogP contribution in [-0.4, -0.2) is 52.6 Å². The van der Waals surface area contributed by atoms with E-state index in [2.05, 4.69) is 48.0 Å². The van der Waals surface area contributed by atoms with Crippen molar-refractivity contribution >= 4 is 5.69 Å². The average molecular weight is 326 g/mol. The number of likely N-dealkylation sites (N-methyl/N-ethyl adjacent to an activating group) is 1. The average Bonchev–Trinajstić information content (AvgIpc) is 2.97. The molecule has 1 aliphatic carbocycles. The number of nitrogens with zero attached hydrogens (tertiary/aromatic N) is 2. The lowest BCUT2D eigenvalue weighted by Gasteiger charge is -2.62. The van der Waals surface area contributed by atoms with Gasteiger partial charge in [-0.3, -0.25) is 4.90 Å². The summed E-state index contributed by atoms with van der Waals surface area (Å²) in [6.07, 6.45) is 2.56. The molecular weight excluding hydrogens is 300 g/mol. The van der Waals surface area contributed by atoms with Crippen LogP contribution in [0.5, 0.6) is 0 Å². The number of anilines is 1. The number of fused-ring (bicyclic) bond motifs is 2. The SMILES string of the molecule is CC[C@@H]1[C@@H]2C[C@H]3[C@@H]4N(C)c5ccccc5[C@]45C[C@@H]([C@H]2[C@H]5O)N3[C@H]1O. The van der Waals surface area contributed by atoms with Crippen LogP contribution in [0.4, 0.5) is 5.69 Å². The molecule has 6 aliphatic rings. The molecule has 0 radical (unpaired) electrons. The van der Waals surface area contributed by atoms with Gasteiger partial charge in [-0.05, 0) is 36.8 Å². The molecular formula is C20H26N2O2. The monoisotopic (exact) mass is 326 g/mol. The van der Waals surface area contributed by atoms with Crippen LogP contribution in [0.15, 0.2) is 24.3 Å². The Morgan fingerprint density at radius 2 is 2.00 bits per heavy atom. The number of hydrogen-bond acceptors (Lipinski definition) is 4. The van der Waals surface area contributed by atoms with Gasteiger partial charge in [0.2, 0.25) is 0 Å². The van der Waals surface area contributed by atoms with Gasteiger partial charge in [0.1, 0.15) is 6.23 Å².